The van der Waals surface area contributed by atoms with Gasteiger partial charge in [-0.2, -0.15) is 0 Å². The molecule has 0 fully saturated rings. The summed E-state index contributed by atoms with van der Waals surface area (Å²) in [6.45, 7) is 13.4. The van der Waals surface area contributed by atoms with E-state index < -0.39 is 0 Å². The number of ether oxygens (including phenoxy) is 3. The monoisotopic (exact) mass is 547 g/mol. The Morgan fingerprint density at radius 2 is 1.49 bits per heavy atom. The second kappa shape index (κ2) is 16.2. The number of rotatable bonds is 18. The molecule has 0 radical (unpaired) electrons. The maximum Gasteiger partial charge on any atom is 0.119 e. The quantitative estimate of drug-likeness (QED) is 0.142. The van der Waals surface area contributed by atoms with Crippen LogP contribution < -0.4 is 9.47 Å². The van der Waals surface area contributed by atoms with Crippen LogP contribution in [0.4, 0.5) is 0 Å². The normalized spacial score (nSPS) is 12.7. The molecule has 0 aliphatic heterocycles. The number of benzene rings is 2. The van der Waals surface area contributed by atoms with Gasteiger partial charge in [-0.3, -0.25) is 4.90 Å². The molecule has 1 unspecified atom stereocenters. The summed E-state index contributed by atoms with van der Waals surface area (Å²) in [5.41, 5.74) is 2.87. The highest BCUT2D eigenvalue weighted by atomic mass is 79.9. The SMILES string of the molecule is CCCCCC(C)(C)c1ccc(OCCOCCN(C)Cc2ccc(OCCC(C)Br)cc2)cc1. The molecule has 2 aromatic rings. The third-order valence-corrected chi connectivity index (χ3v) is 6.77. The van der Waals surface area contributed by atoms with Crippen molar-refractivity contribution in [2.45, 2.75) is 76.6 Å². The first kappa shape index (κ1) is 29.7. The molecule has 1 atom stereocenters. The molecule has 0 bridgehead atoms. The van der Waals surface area contributed by atoms with Gasteiger partial charge >= 0.3 is 0 Å². The van der Waals surface area contributed by atoms with Crippen LogP contribution in [0.3, 0.4) is 0 Å². The van der Waals surface area contributed by atoms with Crippen LogP contribution in [0, 0.1) is 0 Å². The lowest BCUT2D eigenvalue weighted by Gasteiger charge is -2.25. The molecule has 0 heterocycles. The van der Waals surface area contributed by atoms with E-state index in [4.69, 9.17) is 14.2 Å². The van der Waals surface area contributed by atoms with Gasteiger partial charge in [-0.1, -0.05) is 87.2 Å². The van der Waals surface area contributed by atoms with E-state index in [-0.39, 0.29) is 5.41 Å². The number of unbranched alkanes of at least 4 members (excludes halogenated alkanes) is 2. The summed E-state index contributed by atoms with van der Waals surface area (Å²) >= 11 is 3.55. The minimum absolute atomic E-state index is 0.213. The maximum atomic E-state index is 5.87. The maximum absolute atomic E-state index is 5.87. The number of hydrogen-bond donors (Lipinski definition) is 0. The highest BCUT2D eigenvalue weighted by molar-refractivity contribution is 9.09. The fourth-order valence-electron chi connectivity index (χ4n) is 3.93. The van der Waals surface area contributed by atoms with Crippen molar-refractivity contribution in [3.05, 3.63) is 59.7 Å². The molecule has 0 spiro atoms. The van der Waals surface area contributed by atoms with Gasteiger partial charge in [0, 0.05) is 17.9 Å². The molecule has 5 heteroatoms. The van der Waals surface area contributed by atoms with Crippen LogP contribution in [0.1, 0.15) is 70.9 Å². The van der Waals surface area contributed by atoms with Crippen molar-refractivity contribution in [2.24, 2.45) is 0 Å². The van der Waals surface area contributed by atoms with Crippen LogP contribution in [0.15, 0.2) is 48.5 Å². The van der Waals surface area contributed by atoms with E-state index in [9.17, 15) is 0 Å². The molecule has 0 amide bonds. The summed E-state index contributed by atoms with van der Waals surface area (Å²) in [4.78, 5) is 2.75. The van der Waals surface area contributed by atoms with Crippen molar-refractivity contribution < 1.29 is 14.2 Å². The molecule has 0 aliphatic rings. The number of halogens is 1. The lowest BCUT2D eigenvalue weighted by molar-refractivity contribution is 0.0836. The number of hydrogen-bond acceptors (Lipinski definition) is 4. The Balaban J connectivity index is 1.58. The molecule has 0 saturated heterocycles. The molecular formula is C30H46BrNO3. The first-order valence-corrected chi connectivity index (χ1v) is 14.1. The summed E-state index contributed by atoms with van der Waals surface area (Å²) in [6.07, 6.45) is 6.08. The fourth-order valence-corrected chi connectivity index (χ4v) is 4.11. The lowest BCUT2D eigenvalue weighted by atomic mass is 9.80. The fraction of sp³-hybridized carbons (Fsp3) is 0.600. The van der Waals surface area contributed by atoms with Crippen LogP contribution in [0.25, 0.3) is 0 Å². The van der Waals surface area contributed by atoms with Crippen LogP contribution in [0.5, 0.6) is 11.5 Å². The zero-order chi connectivity index (χ0) is 25.5. The third kappa shape index (κ3) is 12.3. The van der Waals surface area contributed by atoms with Gasteiger partial charge < -0.3 is 14.2 Å². The molecule has 4 nitrogen and oxygen atoms in total. The Morgan fingerprint density at radius 1 is 0.857 bits per heavy atom. The van der Waals surface area contributed by atoms with Crippen molar-refractivity contribution in [3.63, 3.8) is 0 Å². The molecule has 0 N–H and O–H groups in total. The average molecular weight is 549 g/mol. The molecule has 196 valence electrons. The summed E-state index contributed by atoms with van der Waals surface area (Å²) in [6, 6.07) is 17.0. The second-order valence-corrected chi connectivity index (χ2v) is 11.7. The van der Waals surface area contributed by atoms with Crippen LogP contribution in [-0.4, -0.2) is 49.7 Å². The van der Waals surface area contributed by atoms with Gasteiger partial charge in [0.2, 0.25) is 0 Å². The van der Waals surface area contributed by atoms with E-state index in [1.165, 1.54) is 36.8 Å². The summed E-state index contributed by atoms with van der Waals surface area (Å²) < 4.78 is 17.4. The Labute approximate surface area is 222 Å². The van der Waals surface area contributed by atoms with Gasteiger partial charge in [0.15, 0.2) is 0 Å². The molecule has 2 rings (SSSR count). The van der Waals surface area contributed by atoms with Crippen LogP contribution in [0.2, 0.25) is 0 Å². The molecule has 35 heavy (non-hydrogen) atoms. The zero-order valence-electron chi connectivity index (χ0n) is 22.5. The van der Waals surface area contributed by atoms with Gasteiger partial charge in [0.05, 0.1) is 19.8 Å². The van der Waals surface area contributed by atoms with Crippen molar-refractivity contribution >= 4 is 15.9 Å². The van der Waals surface area contributed by atoms with Crippen LogP contribution >= 0.6 is 15.9 Å². The first-order valence-electron chi connectivity index (χ1n) is 13.2. The van der Waals surface area contributed by atoms with E-state index in [0.29, 0.717) is 24.6 Å². The summed E-state index contributed by atoms with van der Waals surface area (Å²) in [5.74, 6) is 1.84. The van der Waals surface area contributed by atoms with E-state index in [2.05, 4.69) is 104 Å². The van der Waals surface area contributed by atoms with Gasteiger partial charge in [-0.15, -0.1) is 0 Å². The summed E-state index contributed by atoms with van der Waals surface area (Å²) in [7, 11) is 2.12. The van der Waals surface area contributed by atoms with Crippen molar-refractivity contribution in [1.82, 2.24) is 4.90 Å². The standard InChI is InChI=1S/C30H46BrNO3/c1-6-7-8-18-30(3,4)27-11-15-29(16-12-27)35-23-22-33-21-19-32(5)24-26-9-13-28(14-10-26)34-20-17-25(2)31/h9-16,25H,6-8,17-24H2,1-5H3. The smallest absolute Gasteiger partial charge is 0.119 e. The van der Waals surface area contributed by atoms with E-state index in [1.807, 2.05) is 0 Å². The Bertz CT molecular complexity index is 805. The van der Waals surface area contributed by atoms with E-state index in [0.717, 1.165) is 37.6 Å². The van der Waals surface area contributed by atoms with Crippen LogP contribution in [-0.2, 0) is 16.7 Å². The number of likely N-dealkylation sites (N-methyl/N-ethyl adjacent to an activating group) is 1. The number of alkyl halides is 1. The van der Waals surface area contributed by atoms with Gasteiger partial charge in [-0.25, -0.2) is 0 Å². The molecule has 0 aliphatic carbocycles. The van der Waals surface area contributed by atoms with Gasteiger partial charge in [0.25, 0.3) is 0 Å². The highest BCUT2D eigenvalue weighted by Crippen LogP contribution is 2.30. The lowest BCUT2D eigenvalue weighted by Crippen LogP contribution is -2.23. The Hall–Kier alpha value is -1.56. The van der Waals surface area contributed by atoms with Crippen molar-refractivity contribution in [2.75, 3.05) is 40.0 Å². The third-order valence-electron chi connectivity index (χ3n) is 6.32. The van der Waals surface area contributed by atoms with E-state index in [1.54, 1.807) is 0 Å². The minimum Gasteiger partial charge on any atom is -0.494 e. The van der Waals surface area contributed by atoms with Crippen molar-refractivity contribution in [3.8, 4) is 11.5 Å². The molecule has 2 aromatic carbocycles. The average Bonchev–Trinajstić information content (AvgIpc) is 2.82. The zero-order valence-corrected chi connectivity index (χ0v) is 24.1. The highest BCUT2D eigenvalue weighted by Gasteiger charge is 2.19. The largest absolute Gasteiger partial charge is 0.494 e. The Kier molecular flexibility index (Phi) is 13.8. The minimum atomic E-state index is 0.213. The van der Waals surface area contributed by atoms with Crippen molar-refractivity contribution in [1.29, 1.82) is 0 Å². The second-order valence-electron chi connectivity index (χ2n) is 10.1. The molecule has 0 saturated carbocycles. The molecule has 0 aromatic heterocycles. The van der Waals surface area contributed by atoms with Gasteiger partial charge in [0.1, 0.15) is 18.1 Å². The Morgan fingerprint density at radius 3 is 2.11 bits per heavy atom. The molecular weight excluding hydrogens is 502 g/mol. The first-order chi connectivity index (χ1) is 16.8. The predicted molar refractivity (Wildman–Crippen MR) is 151 cm³/mol. The topological polar surface area (TPSA) is 30.9 Å². The van der Waals surface area contributed by atoms with E-state index >= 15 is 0 Å². The summed E-state index contributed by atoms with van der Waals surface area (Å²) in [5, 5.41) is 0. The number of nitrogens with zero attached hydrogens (tertiary/aromatic N) is 1. The predicted octanol–water partition coefficient (Wildman–Crippen LogP) is 7.62. The van der Waals surface area contributed by atoms with Gasteiger partial charge in [-0.05, 0) is 60.7 Å².